The molecule has 1 amide bonds. The summed E-state index contributed by atoms with van der Waals surface area (Å²) in [6, 6.07) is 14.2. The molecule has 1 unspecified atom stereocenters. The van der Waals surface area contributed by atoms with Crippen LogP contribution in [-0.2, 0) is 22.6 Å². The first-order chi connectivity index (χ1) is 14.3. The molecule has 150 valence electrons. The van der Waals surface area contributed by atoms with E-state index >= 15 is 0 Å². The van der Waals surface area contributed by atoms with Gasteiger partial charge in [-0.05, 0) is 11.6 Å². The monoisotopic (exact) mass is 391 g/mol. The number of nitrogens with zero attached hydrogens (tertiary/aromatic N) is 4. The Morgan fingerprint density at radius 3 is 2.90 bits per heavy atom. The molecule has 0 bridgehead atoms. The predicted octanol–water partition coefficient (Wildman–Crippen LogP) is 2.17. The third kappa shape index (κ3) is 5.28. The highest BCUT2D eigenvalue weighted by molar-refractivity contribution is 5.76. The average Bonchev–Trinajstić information content (AvgIpc) is 3.28. The number of benzene rings is 1. The SMILES string of the molecule is O=C(CC1CN(Cc2ccccc2)CCO1)NCc1cccnc1-n1ccnc1. The quantitative estimate of drug-likeness (QED) is 0.668. The van der Waals surface area contributed by atoms with Crippen LogP contribution in [-0.4, -0.2) is 51.1 Å². The van der Waals surface area contributed by atoms with Crippen molar-refractivity contribution in [2.24, 2.45) is 0 Å². The first-order valence-electron chi connectivity index (χ1n) is 9.85. The molecular weight excluding hydrogens is 366 g/mol. The summed E-state index contributed by atoms with van der Waals surface area (Å²) >= 11 is 0. The molecule has 7 heteroatoms. The number of morpholine rings is 1. The number of carbonyl (C=O) groups excluding carboxylic acids is 1. The van der Waals surface area contributed by atoms with E-state index < -0.39 is 0 Å². The Morgan fingerprint density at radius 2 is 2.07 bits per heavy atom. The molecule has 29 heavy (non-hydrogen) atoms. The Morgan fingerprint density at radius 1 is 1.17 bits per heavy atom. The van der Waals surface area contributed by atoms with Crippen molar-refractivity contribution < 1.29 is 9.53 Å². The molecule has 1 aromatic carbocycles. The van der Waals surface area contributed by atoms with Crippen LogP contribution in [0.3, 0.4) is 0 Å². The summed E-state index contributed by atoms with van der Waals surface area (Å²) in [5.41, 5.74) is 2.22. The lowest BCUT2D eigenvalue weighted by Gasteiger charge is -2.32. The standard InChI is InChI=1S/C22H25N5O2/c28-21(25-14-19-7-4-8-24-22(19)27-10-9-23-17-27)13-20-16-26(11-12-29-20)15-18-5-2-1-3-6-18/h1-10,17,20H,11-16H2,(H,25,28). The van der Waals surface area contributed by atoms with Gasteiger partial charge < -0.3 is 10.1 Å². The molecule has 0 saturated carbocycles. The van der Waals surface area contributed by atoms with E-state index in [0.29, 0.717) is 19.6 Å². The van der Waals surface area contributed by atoms with Gasteiger partial charge in [-0.2, -0.15) is 0 Å². The van der Waals surface area contributed by atoms with E-state index in [4.69, 9.17) is 4.74 Å². The normalized spacial score (nSPS) is 17.2. The van der Waals surface area contributed by atoms with E-state index in [2.05, 4.69) is 44.5 Å². The molecular formula is C22H25N5O2. The molecule has 1 aliphatic rings. The largest absolute Gasteiger partial charge is 0.375 e. The van der Waals surface area contributed by atoms with Crippen molar-refractivity contribution in [2.45, 2.75) is 25.6 Å². The molecule has 0 radical (unpaired) electrons. The van der Waals surface area contributed by atoms with Crippen LogP contribution in [0.5, 0.6) is 0 Å². The van der Waals surface area contributed by atoms with Crippen molar-refractivity contribution in [3.8, 4) is 5.82 Å². The number of rotatable bonds is 7. The van der Waals surface area contributed by atoms with Gasteiger partial charge in [-0.15, -0.1) is 0 Å². The van der Waals surface area contributed by atoms with Gasteiger partial charge in [0, 0.05) is 50.3 Å². The lowest BCUT2D eigenvalue weighted by Crippen LogP contribution is -2.44. The van der Waals surface area contributed by atoms with E-state index in [-0.39, 0.29) is 12.0 Å². The summed E-state index contributed by atoms with van der Waals surface area (Å²) in [7, 11) is 0. The highest BCUT2D eigenvalue weighted by atomic mass is 16.5. The number of imidazole rings is 1. The van der Waals surface area contributed by atoms with Crippen LogP contribution in [0, 0.1) is 0 Å². The summed E-state index contributed by atoms with van der Waals surface area (Å²) in [4.78, 5) is 23.3. The molecule has 0 spiro atoms. The van der Waals surface area contributed by atoms with Crippen molar-refractivity contribution in [3.05, 3.63) is 78.5 Å². The lowest BCUT2D eigenvalue weighted by molar-refractivity contribution is -0.126. The van der Waals surface area contributed by atoms with Gasteiger partial charge >= 0.3 is 0 Å². The number of pyridine rings is 1. The number of aromatic nitrogens is 3. The van der Waals surface area contributed by atoms with Crippen molar-refractivity contribution in [1.29, 1.82) is 0 Å². The minimum Gasteiger partial charge on any atom is -0.375 e. The van der Waals surface area contributed by atoms with Crippen LogP contribution < -0.4 is 5.32 Å². The predicted molar refractivity (Wildman–Crippen MR) is 109 cm³/mol. The zero-order valence-electron chi connectivity index (χ0n) is 16.3. The second-order valence-electron chi connectivity index (χ2n) is 7.15. The third-order valence-electron chi connectivity index (χ3n) is 4.98. The summed E-state index contributed by atoms with van der Waals surface area (Å²) in [5, 5.41) is 3.00. The van der Waals surface area contributed by atoms with Gasteiger partial charge in [-0.25, -0.2) is 9.97 Å². The molecule has 3 aromatic rings. The molecule has 3 heterocycles. The van der Waals surface area contributed by atoms with Crippen LogP contribution in [0.2, 0.25) is 0 Å². The fourth-order valence-electron chi connectivity index (χ4n) is 3.55. The van der Waals surface area contributed by atoms with Crippen molar-refractivity contribution in [2.75, 3.05) is 19.7 Å². The van der Waals surface area contributed by atoms with Gasteiger partial charge in [0.2, 0.25) is 5.91 Å². The number of carbonyl (C=O) groups is 1. The van der Waals surface area contributed by atoms with Crippen LogP contribution in [0.4, 0.5) is 0 Å². The Bertz CT molecular complexity index is 914. The number of ether oxygens (including phenoxy) is 1. The maximum atomic E-state index is 12.5. The zero-order chi connectivity index (χ0) is 19.9. The second-order valence-corrected chi connectivity index (χ2v) is 7.15. The average molecular weight is 391 g/mol. The molecule has 1 fully saturated rings. The first-order valence-corrected chi connectivity index (χ1v) is 9.85. The van der Waals surface area contributed by atoms with Crippen molar-refractivity contribution in [3.63, 3.8) is 0 Å². The highest BCUT2D eigenvalue weighted by Crippen LogP contribution is 2.14. The molecule has 1 aliphatic heterocycles. The number of hydrogen-bond acceptors (Lipinski definition) is 5. The van der Waals surface area contributed by atoms with Gasteiger partial charge in [-0.3, -0.25) is 14.3 Å². The number of amides is 1. The van der Waals surface area contributed by atoms with Crippen LogP contribution >= 0.6 is 0 Å². The number of nitrogens with one attached hydrogen (secondary N) is 1. The highest BCUT2D eigenvalue weighted by Gasteiger charge is 2.23. The Labute approximate surface area is 170 Å². The summed E-state index contributed by atoms with van der Waals surface area (Å²) < 4.78 is 7.66. The van der Waals surface area contributed by atoms with Gasteiger partial charge in [0.25, 0.3) is 0 Å². The topological polar surface area (TPSA) is 72.3 Å². The maximum Gasteiger partial charge on any atom is 0.222 e. The minimum atomic E-state index is -0.0884. The summed E-state index contributed by atoms with van der Waals surface area (Å²) in [6.45, 7) is 3.59. The molecule has 1 saturated heterocycles. The van der Waals surface area contributed by atoms with Gasteiger partial charge in [0.15, 0.2) is 0 Å². The molecule has 4 rings (SSSR count). The summed E-state index contributed by atoms with van der Waals surface area (Å²) in [5.74, 6) is 0.755. The van der Waals surface area contributed by atoms with E-state index in [9.17, 15) is 4.79 Å². The van der Waals surface area contributed by atoms with Crippen LogP contribution in [0.15, 0.2) is 67.4 Å². The molecule has 7 nitrogen and oxygen atoms in total. The van der Waals surface area contributed by atoms with Gasteiger partial charge in [-0.1, -0.05) is 36.4 Å². The zero-order valence-corrected chi connectivity index (χ0v) is 16.3. The first kappa shape index (κ1) is 19.3. The minimum absolute atomic E-state index is 0.0167. The second kappa shape index (κ2) is 9.45. The van der Waals surface area contributed by atoms with Crippen LogP contribution in [0.25, 0.3) is 5.82 Å². The van der Waals surface area contributed by atoms with Gasteiger partial charge in [0.1, 0.15) is 12.1 Å². The van der Waals surface area contributed by atoms with Gasteiger partial charge in [0.05, 0.1) is 19.1 Å². The Balaban J connectivity index is 1.29. The summed E-state index contributed by atoms with van der Waals surface area (Å²) in [6.07, 6.45) is 7.24. The van der Waals surface area contributed by atoms with E-state index in [1.165, 1.54) is 5.56 Å². The van der Waals surface area contributed by atoms with Crippen LogP contribution in [0.1, 0.15) is 17.5 Å². The Kier molecular flexibility index (Phi) is 6.29. The number of hydrogen-bond donors (Lipinski definition) is 1. The molecule has 1 atom stereocenters. The Hall–Kier alpha value is -3.03. The fourth-order valence-corrected chi connectivity index (χ4v) is 3.55. The van der Waals surface area contributed by atoms with Crippen molar-refractivity contribution >= 4 is 5.91 Å². The lowest BCUT2D eigenvalue weighted by atomic mass is 10.1. The van der Waals surface area contributed by atoms with Crippen molar-refractivity contribution in [1.82, 2.24) is 24.8 Å². The molecule has 1 N–H and O–H groups in total. The fraction of sp³-hybridized carbons (Fsp3) is 0.318. The smallest absolute Gasteiger partial charge is 0.222 e. The molecule has 0 aliphatic carbocycles. The molecule has 2 aromatic heterocycles. The van der Waals surface area contributed by atoms with E-state index in [0.717, 1.165) is 31.0 Å². The van der Waals surface area contributed by atoms with E-state index in [1.54, 1.807) is 18.7 Å². The third-order valence-corrected chi connectivity index (χ3v) is 4.98. The maximum absolute atomic E-state index is 12.5. The van der Waals surface area contributed by atoms with E-state index in [1.807, 2.05) is 29.0 Å².